The molecule has 2 aromatic rings. The van der Waals surface area contributed by atoms with Gasteiger partial charge < -0.3 is 4.74 Å². The first-order valence-corrected chi connectivity index (χ1v) is 6.94. The lowest BCUT2D eigenvalue weighted by molar-refractivity contribution is 0.292. The molecule has 0 atom stereocenters. The molecule has 0 aliphatic rings. The number of aromatic nitrogens is 2. The Hall–Kier alpha value is -1.61. The fraction of sp³-hybridized carbons (Fsp3) is 0.375. The Morgan fingerprint density at radius 3 is 2.50 bits per heavy atom. The molecule has 106 valence electrons. The van der Waals surface area contributed by atoms with E-state index in [1.54, 1.807) is 6.20 Å². The molecule has 0 bridgehead atoms. The van der Waals surface area contributed by atoms with E-state index in [1.165, 1.54) is 17.3 Å². The molecule has 0 fully saturated rings. The molecule has 3 nitrogen and oxygen atoms in total. The van der Waals surface area contributed by atoms with Crippen LogP contribution in [-0.2, 0) is 12.0 Å². The van der Waals surface area contributed by atoms with Crippen molar-refractivity contribution in [3.05, 3.63) is 52.6 Å². The van der Waals surface area contributed by atoms with Gasteiger partial charge in [-0.25, -0.2) is 4.98 Å². The van der Waals surface area contributed by atoms with Crippen LogP contribution in [-0.4, -0.2) is 9.97 Å². The Bertz CT molecular complexity index is 588. The predicted octanol–water partition coefficient (Wildman–Crippen LogP) is 4.31. The van der Waals surface area contributed by atoms with Crippen molar-refractivity contribution >= 4 is 11.6 Å². The highest BCUT2D eigenvalue weighted by atomic mass is 35.5. The van der Waals surface area contributed by atoms with E-state index in [2.05, 4.69) is 49.8 Å². The van der Waals surface area contributed by atoms with Crippen molar-refractivity contribution in [2.45, 2.75) is 39.7 Å². The summed E-state index contributed by atoms with van der Waals surface area (Å²) in [6, 6.07) is 6.24. The minimum atomic E-state index is 0.0347. The zero-order valence-electron chi connectivity index (χ0n) is 12.3. The summed E-state index contributed by atoms with van der Waals surface area (Å²) in [5.41, 5.74) is 3.22. The molecule has 2 rings (SSSR count). The lowest BCUT2D eigenvalue weighted by Gasteiger charge is -2.23. The van der Waals surface area contributed by atoms with Gasteiger partial charge in [-0.05, 0) is 24.0 Å². The van der Waals surface area contributed by atoms with Gasteiger partial charge in [0, 0.05) is 0 Å². The van der Waals surface area contributed by atoms with Crippen molar-refractivity contribution in [1.29, 1.82) is 0 Å². The van der Waals surface area contributed by atoms with Crippen molar-refractivity contribution in [1.82, 2.24) is 9.97 Å². The Labute approximate surface area is 125 Å². The average molecular weight is 291 g/mol. The second-order valence-corrected chi connectivity index (χ2v) is 6.26. The van der Waals surface area contributed by atoms with E-state index in [9.17, 15) is 0 Å². The normalized spacial score (nSPS) is 11.4. The van der Waals surface area contributed by atoms with Gasteiger partial charge in [0.2, 0.25) is 0 Å². The lowest BCUT2D eigenvalue weighted by atomic mass is 9.85. The van der Waals surface area contributed by atoms with Gasteiger partial charge >= 0.3 is 0 Å². The van der Waals surface area contributed by atoms with Crippen LogP contribution in [0.4, 0.5) is 0 Å². The summed E-state index contributed by atoms with van der Waals surface area (Å²) in [5.74, 6) is 0.889. The van der Waals surface area contributed by atoms with Crippen molar-refractivity contribution in [3.63, 3.8) is 0 Å². The van der Waals surface area contributed by atoms with E-state index in [0.717, 1.165) is 11.4 Å². The molecule has 0 saturated heterocycles. The number of ether oxygens (including phenoxy) is 1. The summed E-state index contributed by atoms with van der Waals surface area (Å²) in [5, 5.41) is 0.388. The highest BCUT2D eigenvalue weighted by Crippen LogP contribution is 2.32. The van der Waals surface area contributed by atoms with Gasteiger partial charge in [-0.2, -0.15) is 0 Å². The van der Waals surface area contributed by atoms with E-state index < -0.39 is 0 Å². The number of nitrogens with zero attached hydrogens (tertiary/aromatic N) is 2. The van der Waals surface area contributed by atoms with Crippen LogP contribution in [0.2, 0.25) is 5.15 Å². The molecule has 0 spiro atoms. The third-order valence-corrected chi connectivity index (χ3v) is 3.19. The molecule has 0 amide bonds. The van der Waals surface area contributed by atoms with Gasteiger partial charge in [-0.15, -0.1) is 0 Å². The van der Waals surface area contributed by atoms with Crippen LogP contribution in [0.15, 0.2) is 30.6 Å². The van der Waals surface area contributed by atoms with E-state index in [1.807, 2.05) is 6.07 Å². The van der Waals surface area contributed by atoms with Crippen LogP contribution in [0.5, 0.6) is 5.75 Å². The van der Waals surface area contributed by atoms with Crippen molar-refractivity contribution < 1.29 is 4.74 Å². The number of hydrogen-bond donors (Lipinski definition) is 0. The summed E-state index contributed by atoms with van der Waals surface area (Å²) in [6.07, 6.45) is 3.16. The zero-order valence-corrected chi connectivity index (χ0v) is 13.0. The van der Waals surface area contributed by atoms with Crippen LogP contribution >= 0.6 is 11.6 Å². The summed E-state index contributed by atoms with van der Waals surface area (Å²) < 4.78 is 5.90. The molecule has 0 N–H and O–H groups in total. The molecule has 0 saturated carbocycles. The summed E-state index contributed by atoms with van der Waals surface area (Å²) in [7, 11) is 0. The molecule has 0 unspecified atom stereocenters. The third-order valence-electron chi connectivity index (χ3n) is 2.99. The van der Waals surface area contributed by atoms with E-state index in [0.29, 0.717) is 11.8 Å². The van der Waals surface area contributed by atoms with Crippen LogP contribution < -0.4 is 4.74 Å². The summed E-state index contributed by atoms with van der Waals surface area (Å²) >= 11 is 5.72. The Kier molecular flexibility index (Phi) is 4.29. The third kappa shape index (κ3) is 3.70. The fourth-order valence-electron chi connectivity index (χ4n) is 1.92. The Morgan fingerprint density at radius 2 is 1.90 bits per heavy atom. The second kappa shape index (κ2) is 5.80. The van der Waals surface area contributed by atoms with Crippen LogP contribution in [0.1, 0.15) is 37.6 Å². The minimum absolute atomic E-state index is 0.0347. The van der Waals surface area contributed by atoms with E-state index in [4.69, 9.17) is 16.3 Å². The molecule has 4 heteroatoms. The summed E-state index contributed by atoms with van der Waals surface area (Å²) in [4.78, 5) is 8.18. The maximum absolute atomic E-state index is 5.90. The maximum Gasteiger partial charge on any atom is 0.147 e. The predicted molar refractivity (Wildman–Crippen MR) is 81.3 cm³/mol. The molecule has 1 heterocycles. The molecular weight excluding hydrogens is 272 g/mol. The smallest absolute Gasteiger partial charge is 0.147 e. The molecule has 1 aromatic heterocycles. The highest BCUT2D eigenvalue weighted by Gasteiger charge is 2.19. The first-order valence-electron chi connectivity index (χ1n) is 6.56. The van der Waals surface area contributed by atoms with Gasteiger partial charge in [-0.3, -0.25) is 4.98 Å². The average Bonchev–Trinajstić information content (AvgIpc) is 2.38. The second-order valence-electron chi connectivity index (χ2n) is 5.87. The van der Waals surface area contributed by atoms with Gasteiger partial charge in [-0.1, -0.05) is 50.1 Å². The molecule has 0 radical (unpaired) electrons. The van der Waals surface area contributed by atoms with Gasteiger partial charge in [0.1, 0.15) is 17.5 Å². The number of rotatable bonds is 3. The summed E-state index contributed by atoms with van der Waals surface area (Å²) in [6.45, 7) is 9.00. The molecular formula is C16H19ClN2O. The molecule has 0 aliphatic heterocycles. The SMILES string of the molecule is Cc1ccc(OCc2cnc(Cl)cn2)c(C(C)(C)C)c1. The van der Waals surface area contributed by atoms with Gasteiger partial charge in [0.25, 0.3) is 0 Å². The van der Waals surface area contributed by atoms with Crippen molar-refractivity contribution in [2.75, 3.05) is 0 Å². The topological polar surface area (TPSA) is 35.0 Å². The monoisotopic (exact) mass is 290 g/mol. The standard InChI is InChI=1S/C16H19ClN2O/c1-11-5-6-14(13(7-11)16(2,3)4)20-10-12-8-19-15(17)9-18-12/h5-9H,10H2,1-4H3. The number of hydrogen-bond acceptors (Lipinski definition) is 3. The largest absolute Gasteiger partial charge is 0.487 e. The molecule has 20 heavy (non-hydrogen) atoms. The van der Waals surface area contributed by atoms with Crippen molar-refractivity contribution in [3.8, 4) is 5.75 Å². The highest BCUT2D eigenvalue weighted by molar-refractivity contribution is 6.29. The van der Waals surface area contributed by atoms with Crippen molar-refractivity contribution in [2.24, 2.45) is 0 Å². The number of aryl methyl sites for hydroxylation is 1. The lowest BCUT2D eigenvalue weighted by Crippen LogP contribution is -2.14. The fourth-order valence-corrected chi connectivity index (χ4v) is 2.02. The first kappa shape index (κ1) is 14.8. The number of benzene rings is 1. The van der Waals surface area contributed by atoms with Gasteiger partial charge in [0.05, 0.1) is 18.1 Å². The molecule has 0 aliphatic carbocycles. The van der Waals surface area contributed by atoms with Crippen LogP contribution in [0.25, 0.3) is 0 Å². The Balaban J connectivity index is 2.19. The van der Waals surface area contributed by atoms with Gasteiger partial charge in [0.15, 0.2) is 0 Å². The van der Waals surface area contributed by atoms with E-state index >= 15 is 0 Å². The maximum atomic E-state index is 5.90. The minimum Gasteiger partial charge on any atom is -0.487 e. The first-order chi connectivity index (χ1) is 9.36. The quantitative estimate of drug-likeness (QED) is 0.844. The van der Waals surface area contributed by atoms with E-state index in [-0.39, 0.29) is 5.41 Å². The number of halogens is 1. The zero-order chi connectivity index (χ0) is 14.8. The van der Waals surface area contributed by atoms with Crippen LogP contribution in [0.3, 0.4) is 0 Å². The Morgan fingerprint density at radius 1 is 1.15 bits per heavy atom. The van der Waals surface area contributed by atoms with Crippen LogP contribution in [0, 0.1) is 6.92 Å². The molecule has 1 aromatic carbocycles.